The predicted molar refractivity (Wildman–Crippen MR) is 101 cm³/mol. The number of benzene rings is 3. The highest BCUT2D eigenvalue weighted by atomic mass is 19.1. The van der Waals surface area contributed by atoms with Crippen molar-refractivity contribution in [1.82, 2.24) is 0 Å². The Labute approximate surface area is 157 Å². The van der Waals surface area contributed by atoms with Crippen LogP contribution in [0, 0.1) is 5.82 Å². The second-order valence-corrected chi connectivity index (χ2v) is 6.15. The van der Waals surface area contributed by atoms with Gasteiger partial charge in [0.1, 0.15) is 11.6 Å². The molecule has 0 saturated carbocycles. The van der Waals surface area contributed by atoms with Gasteiger partial charge in [0.2, 0.25) is 0 Å². The van der Waals surface area contributed by atoms with Crippen molar-refractivity contribution < 1.29 is 18.7 Å². The Morgan fingerprint density at radius 2 is 1.41 bits per heavy atom. The first-order chi connectivity index (χ1) is 13.1. The van der Waals surface area contributed by atoms with Crippen molar-refractivity contribution in [3.05, 3.63) is 101 Å². The minimum Gasteiger partial charge on any atom is -0.426 e. The summed E-state index contributed by atoms with van der Waals surface area (Å²) < 4.78 is 18.5. The van der Waals surface area contributed by atoms with Crippen molar-refractivity contribution in [2.45, 2.75) is 19.3 Å². The van der Waals surface area contributed by atoms with Crippen LogP contribution in [0.5, 0.6) is 5.75 Å². The quantitative estimate of drug-likeness (QED) is 0.346. The zero-order chi connectivity index (χ0) is 19.2. The van der Waals surface area contributed by atoms with Crippen LogP contribution in [0.4, 0.5) is 4.39 Å². The Bertz CT molecular complexity index is 916. The van der Waals surface area contributed by atoms with E-state index in [0.29, 0.717) is 23.3 Å². The molecular weight excluding hydrogens is 343 g/mol. The summed E-state index contributed by atoms with van der Waals surface area (Å²) >= 11 is 0. The molecule has 0 spiro atoms. The number of hydrogen-bond donors (Lipinski definition) is 0. The van der Waals surface area contributed by atoms with Crippen LogP contribution in [-0.2, 0) is 4.79 Å². The van der Waals surface area contributed by atoms with Gasteiger partial charge in [-0.1, -0.05) is 37.3 Å². The first kappa shape index (κ1) is 18.5. The van der Waals surface area contributed by atoms with Crippen molar-refractivity contribution >= 4 is 11.8 Å². The normalized spacial score (nSPS) is 11.6. The van der Waals surface area contributed by atoms with Crippen molar-refractivity contribution in [1.29, 1.82) is 0 Å². The molecule has 3 aromatic rings. The molecule has 0 aliphatic heterocycles. The van der Waals surface area contributed by atoms with Gasteiger partial charge in [0.25, 0.3) is 0 Å². The summed E-state index contributed by atoms with van der Waals surface area (Å²) in [6, 6.07) is 21.2. The molecule has 0 aromatic heterocycles. The van der Waals surface area contributed by atoms with E-state index < -0.39 is 5.82 Å². The highest BCUT2D eigenvalue weighted by Gasteiger charge is 2.21. The Hall–Kier alpha value is -3.27. The Balaban J connectivity index is 1.71. The van der Waals surface area contributed by atoms with E-state index in [4.69, 9.17) is 4.74 Å². The average Bonchev–Trinajstić information content (AvgIpc) is 2.70. The molecule has 27 heavy (non-hydrogen) atoms. The zero-order valence-corrected chi connectivity index (χ0v) is 14.9. The Morgan fingerprint density at radius 1 is 0.852 bits per heavy atom. The van der Waals surface area contributed by atoms with Crippen LogP contribution in [0.3, 0.4) is 0 Å². The third kappa shape index (κ3) is 4.47. The van der Waals surface area contributed by atoms with Crippen LogP contribution in [0.15, 0.2) is 78.9 Å². The van der Waals surface area contributed by atoms with Gasteiger partial charge in [-0.15, -0.1) is 0 Å². The van der Waals surface area contributed by atoms with Gasteiger partial charge in [-0.2, -0.15) is 0 Å². The number of rotatable bonds is 6. The van der Waals surface area contributed by atoms with Gasteiger partial charge in [-0.05, 0) is 60.5 Å². The third-order valence-corrected chi connectivity index (χ3v) is 4.34. The molecule has 1 atom stereocenters. The summed E-state index contributed by atoms with van der Waals surface area (Å²) in [4.78, 5) is 24.9. The molecule has 4 heteroatoms. The van der Waals surface area contributed by atoms with E-state index in [9.17, 15) is 14.0 Å². The highest BCUT2D eigenvalue weighted by molar-refractivity contribution is 6.09. The van der Waals surface area contributed by atoms with Gasteiger partial charge >= 0.3 is 5.97 Å². The van der Waals surface area contributed by atoms with Gasteiger partial charge in [-0.3, -0.25) is 9.59 Å². The lowest BCUT2D eigenvalue weighted by molar-refractivity contribution is -0.136. The van der Waals surface area contributed by atoms with Gasteiger partial charge in [0.15, 0.2) is 5.78 Å². The standard InChI is InChI=1S/C23H19FO3/c1-2-21(16-6-4-3-5-7-16)23(26)27-20-14-10-18(11-15-20)22(25)17-8-12-19(24)13-9-17/h3-15,21H,2H2,1H3/t21-/m0/s1. The molecule has 0 aliphatic carbocycles. The van der Waals surface area contributed by atoms with Gasteiger partial charge in [0, 0.05) is 11.1 Å². The van der Waals surface area contributed by atoms with Crippen molar-refractivity contribution in [3.8, 4) is 5.75 Å². The van der Waals surface area contributed by atoms with Crippen molar-refractivity contribution in [3.63, 3.8) is 0 Å². The molecule has 3 aromatic carbocycles. The van der Waals surface area contributed by atoms with Crippen LogP contribution in [0.1, 0.15) is 40.7 Å². The molecule has 0 radical (unpaired) electrons. The maximum absolute atomic E-state index is 13.0. The second-order valence-electron chi connectivity index (χ2n) is 6.15. The Kier molecular flexibility index (Phi) is 5.77. The fraction of sp³-hybridized carbons (Fsp3) is 0.130. The SMILES string of the molecule is CC[C@H](C(=O)Oc1ccc(C(=O)c2ccc(F)cc2)cc1)c1ccccc1. The fourth-order valence-corrected chi connectivity index (χ4v) is 2.85. The minimum atomic E-state index is -0.391. The molecule has 0 amide bonds. The largest absolute Gasteiger partial charge is 0.426 e. The monoisotopic (exact) mass is 362 g/mol. The number of halogens is 1. The maximum atomic E-state index is 13.0. The summed E-state index contributed by atoms with van der Waals surface area (Å²) in [5, 5.41) is 0. The van der Waals surface area contributed by atoms with E-state index in [1.807, 2.05) is 37.3 Å². The topological polar surface area (TPSA) is 43.4 Å². The number of hydrogen-bond acceptors (Lipinski definition) is 3. The van der Waals surface area contributed by atoms with Crippen LogP contribution in [0.2, 0.25) is 0 Å². The van der Waals surface area contributed by atoms with Crippen LogP contribution in [-0.4, -0.2) is 11.8 Å². The van der Waals surface area contributed by atoms with Gasteiger partial charge in [0.05, 0.1) is 5.92 Å². The maximum Gasteiger partial charge on any atom is 0.318 e. The van der Waals surface area contributed by atoms with Crippen LogP contribution >= 0.6 is 0 Å². The van der Waals surface area contributed by atoms with Crippen molar-refractivity contribution in [2.75, 3.05) is 0 Å². The average molecular weight is 362 g/mol. The lowest BCUT2D eigenvalue weighted by Gasteiger charge is -2.14. The van der Waals surface area contributed by atoms with E-state index in [1.165, 1.54) is 24.3 Å². The fourth-order valence-electron chi connectivity index (χ4n) is 2.85. The first-order valence-corrected chi connectivity index (χ1v) is 8.75. The van der Waals surface area contributed by atoms with E-state index in [1.54, 1.807) is 24.3 Å². The van der Waals surface area contributed by atoms with E-state index in [-0.39, 0.29) is 17.7 Å². The number of carbonyl (C=O) groups is 2. The molecule has 3 nitrogen and oxygen atoms in total. The molecule has 0 bridgehead atoms. The van der Waals surface area contributed by atoms with Crippen LogP contribution < -0.4 is 4.74 Å². The smallest absolute Gasteiger partial charge is 0.318 e. The van der Waals surface area contributed by atoms with E-state index >= 15 is 0 Å². The first-order valence-electron chi connectivity index (χ1n) is 8.75. The zero-order valence-electron chi connectivity index (χ0n) is 14.9. The van der Waals surface area contributed by atoms with E-state index in [2.05, 4.69) is 0 Å². The molecule has 0 aliphatic rings. The van der Waals surface area contributed by atoms with Crippen molar-refractivity contribution in [2.24, 2.45) is 0 Å². The summed E-state index contributed by atoms with van der Waals surface area (Å²) in [7, 11) is 0. The molecule has 0 heterocycles. The van der Waals surface area contributed by atoms with E-state index in [0.717, 1.165) is 5.56 Å². The second kappa shape index (κ2) is 8.41. The molecular formula is C23H19FO3. The molecule has 3 rings (SSSR count). The third-order valence-electron chi connectivity index (χ3n) is 4.34. The summed E-state index contributed by atoms with van der Waals surface area (Å²) in [5.41, 5.74) is 1.75. The van der Waals surface area contributed by atoms with Gasteiger partial charge < -0.3 is 4.74 Å². The number of ketones is 1. The van der Waals surface area contributed by atoms with Crippen LogP contribution in [0.25, 0.3) is 0 Å². The minimum absolute atomic E-state index is 0.219. The molecule has 0 saturated heterocycles. The Morgan fingerprint density at radius 3 is 1.96 bits per heavy atom. The summed E-state index contributed by atoms with van der Waals surface area (Å²) in [6.45, 7) is 1.93. The number of carbonyl (C=O) groups excluding carboxylic acids is 2. The molecule has 0 N–H and O–H groups in total. The summed E-state index contributed by atoms with van der Waals surface area (Å²) in [6.07, 6.45) is 0.629. The summed E-state index contributed by atoms with van der Waals surface area (Å²) in [5.74, 6) is -0.903. The molecule has 0 unspecified atom stereocenters. The van der Waals surface area contributed by atoms with Gasteiger partial charge in [-0.25, -0.2) is 4.39 Å². The molecule has 136 valence electrons. The number of ether oxygens (including phenoxy) is 1. The number of esters is 1. The lowest BCUT2D eigenvalue weighted by atomic mass is 9.97. The lowest BCUT2D eigenvalue weighted by Crippen LogP contribution is -2.18. The predicted octanol–water partition coefficient (Wildman–Crippen LogP) is 5.16. The molecule has 0 fully saturated rings. The highest BCUT2D eigenvalue weighted by Crippen LogP contribution is 2.23.